The van der Waals surface area contributed by atoms with Gasteiger partial charge in [0.05, 0.1) is 44.2 Å². The number of aliphatic hydroxyl groups is 4. The van der Waals surface area contributed by atoms with Crippen LogP contribution in [0.2, 0.25) is 0 Å². The van der Waals surface area contributed by atoms with Crippen molar-refractivity contribution < 1.29 is 25.2 Å². The van der Waals surface area contributed by atoms with Crippen LogP contribution < -0.4 is 10.6 Å². The fourth-order valence-electron chi connectivity index (χ4n) is 3.31. The Morgan fingerprint density at radius 2 is 1.96 bits per heavy atom. The van der Waals surface area contributed by atoms with Crippen molar-refractivity contribution >= 4 is 0 Å². The summed E-state index contributed by atoms with van der Waals surface area (Å²) in [7, 11) is 0. The van der Waals surface area contributed by atoms with Gasteiger partial charge in [-0.3, -0.25) is 4.90 Å². The van der Waals surface area contributed by atoms with Crippen LogP contribution in [0.4, 0.5) is 0 Å². The molecule has 0 aromatic rings. The molecule has 2 aliphatic rings. The topological polar surface area (TPSA) is 117 Å². The highest BCUT2D eigenvalue weighted by Gasteiger charge is 2.44. The molecule has 2 fully saturated rings. The lowest BCUT2D eigenvalue weighted by atomic mass is 10.0. The number of aliphatic hydroxyl groups excluding tert-OH is 4. The summed E-state index contributed by atoms with van der Waals surface area (Å²) >= 11 is 0. The smallest absolute Gasteiger partial charge is 0.0993 e. The van der Waals surface area contributed by atoms with E-state index in [1.165, 1.54) is 0 Å². The summed E-state index contributed by atoms with van der Waals surface area (Å²) in [5.74, 6) is 0. The fourth-order valence-corrected chi connectivity index (χ4v) is 3.31. The standard InChI is InChI=1S/C15H31N3O5/c1-10(16-2-3-18-4-6-23-7-5-18)8-11-14(21)15(22)13(17-11)12(20)9-19/h10-17,19-22H,2-9H2,1H3/t10?,11?,12-,13+,14+,15+/m1/s1. The highest BCUT2D eigenvalue weighted by atomic mass is 16.5. The van der Waals surface area contributed by atoms with Crippen molar-refractivity contribution in [3.8, 4) is 0 Å². The predicted molar refractivity (Wildman–Crippen MR) is 85.2 cm³/mol. The van der Waals surface area contributed by atoms with Crippen molar-refractivity contribution in [2.45, 2.75) is 49.8 Å². The second-order valence-electron chi connectivity index (χ2n) is 6.57. The van der Waals surface area contributed by atoms with E-state index in [4.69, 9.17) is 9.84 Å². The van der Waals surface area contributed by atoms with E-state index in [0.29, 0.717) is 6.42 Å². The Morgan fingerprint density at radius 3 is 2.61 bits per heavy atom. The summed E-state index contributed by atoms with van der Waals surface area (Å²) in [6.07, 6.45) is -2.45. The molecule has 0 saturated carbocycles. The molecule has 2 unspecified atom stereocenters. The van der Waals surface area contributed by atoms with Crippen molar-refractivity contribution in [1.82, 2.24) is 15.5 Å². The van der Waals surface area contributed by atoms with Gasteiger partial charge in [0.1, 0.15) is 0 Å². The van der Waals surface area contributed by atoms with Crippen molar-refractivity contribution in [2.24, 2.45) is 0 Å². The minimum Gasteiger partial charge on any atom is -0.394 e. The number of hydrogen-bond donors (Lipinski definition) is 6. The number of ether oxygens (including phenoxy) is 1. The number of hydrogen-bond acceptors (Lipinski definition) is 8. The van der Waals surface area contributed by atoms with Gasteiger partial charge in [-0.2, -0.15) is 0 Å². The van der Waals surface area contributed by atoms with Crippen LogP contribution in [0.25, 0.3) is 0 Å². The summed E-state index contributed by atoms with van der Waals surface area (Å²) in [6.45, 7) is 6.92. The summed E-state index contributed by atoms with van der Waals surface area (Å²) in [6, 6.07) is -0.831. The molecular weight excluding hydrogens is 302 g/mol. The van der Waals surface area contributed by atoms with Gasteiger partial charge in [0.15, 0.2) is 0 Å². The van der Waals surface area contributed by atoms with E-state index in [1.54, 1.807) is 0 Å². The van der Waals surface area contributed by atoms with Crippen LogP contribution in [0, 0.1) is 0 Å². The Kier molecular flexibility index (Phi) is 7.64. The van der Waals surface area contributed by atoms with Gasteiger partial charge < -0.3 is 35.8 Å². The number of morpholine rings is 1. The van der Waals surface area contributed by atoms with Gasteiger partial charge in [0.25, 0.3) is 0 Å². The van der Waals surface area contributed by atoms with E-state index in [1.807, 2.05) is 6.92 Å². The van der Waals surface area contributed by atoms with Crippen molar-refractivity contribution in [2.75, 3.05) is 46.0 Å². The van der Waals surface area contributed by atoms with E-state index in [-0.39, 0.29) is 12.1 Å². The van der Waals surface area contributed by atoms with Gasteiger partial charge in [-0.15, -0.1) is 0 Å². The fraction of sp³-hybridized carbons (Fsp3) is 1.00. The molecule has 136 valence electrons. The van der Waals surface area contributed by atoms with Crippen LogP contribution in [0.1, 0.15) is 13.3 Å². The third-order valence-corrected chi connectivity index (χ3v) is 4.77. The van der Waals surface area contributed by atoms with Crippen LogP contribution >= 0.6 is 0 Å². The summed E-state index contributed by atoms with van der Waals surface area (Å²) in [5, 5.41) is 45.2. The summed E-state index contributed by atoms with van der Waals surface area (Å²) in [5.41, 5.74) is 0. The van der Waals surface area contributed by atoms with Crippen LogP contribution in [-0.2, 0) is 4.74 Å². The monoisotopic (exact) mass is 333 g/mol. The molecule has 0 spiro atoms. The molecule has 0 aliphatic carbocycles. The molecule has 0 radical (unpaired) electrons. The Labute approximate surface area is 137 Å². The molecule has 2 heterocycles. The molecule has 2 aliphatic heterocycles. The average molecular weight is 333 g/mol. The first-order valence-corrected chi connectivity index (χ1v) is 8.47. The van der Waals surface area contributed by atoms with Gasteiger partial charge in [0.2, 0.25) is 0 Å². The first-order chi connectivity index (χ1) is 11.0. The lowest BCUT2D eigenvalue weighted by Gasteiger charge is -2.28. The van der Waals surface area contributed by atoms with E-state index in [2.05, 4.69) is 15.5 Å². The van der Waals surface area contributed by atoms with Crippen LogP contribution in [0.15, 0.2) is 0 Å². The second kappa shape index (κ2) is 9.24. The van der Waals surface area contributed by atoms with Crippen LogP contribution in [-0.4, -0.2) is 108 Å². The van der Waals surface area contributed by atoms with Crippen molar-refractivity contribution in [3.05, 3.63) is 0 Å². The van der Waals surface area contributed by atoms with Gasteiger partial charge >= 0.3 is 0 Å². The molecule has 0 aromatic carbocycles. The normalized spacial score (nSPS) is 35.3. The highest BCUT2D eigenvalue weighted by molar-refractivity contribution is 5.01. The van der Waals surface area contributed by atoms with E-state index >= 15 is 0 Å². The molecule has 0 aromatic heterocycles. The van der Waals surface area contributed by atoms with Crippen LogP contribution in [0.3, 0.4) is 0 Å². The zero-order valence-corrected chi connectivity index (χ0v) is 13.8. The maximum Gasteiger partial charge on any atom is 0.0993 e. The molecule has 8 nitrogen and oxygen atoms in total. The first kappa shape index (κ1) is 19.0. The largest absolute Gasteiger partial charge is 0.394 e. The number of rotatable bonds is 8. The zero-order chi connectivity index (χ0) is 16.8. The molecule has 2 saturated heterocycles. The summed E-state index contributed by atoms with van der Waals surface area (Å²) < 4.78 is 5.32. The number of nitrogens with zero attached hydrogens (tertiary/aromatic N) is 1. The quantitative estimate of drug-likeness (QED) is 0.280. The molecule has 8 heteroatoms. The van der Waals surface area contributed by atoms with Crippen LogP contribution in [0.5, 0.6) is 0 Å². The SMILES string of the molecule is CC(CC1N[C@@H]([C@H](O)CO)[C@H](O)[C@H]1O)NCCN1CCOCC1. The zero-order valence-electron chi connectivity index (χ0n) is 13.8. The lowest BCUT2D eigenvalue weighted by Crippen LogP contribution is -2.46. The predicted octanol–water partition coefficient (Wildman–Crippen LogP) is -2.90. The van der Waals surface area contributed by atoms with Crippen molar-refractivity contribution in [1.29, 1.82) is 0 Å². The van der Waals surface area contributed by atoms with Gasteiger partial charge in [-0.25, -0.2) is 0 Å². The molecule has 6 N–H and O–H groups in total. The highest BCUT2D eigenvalue weighted by Crippen LogP contribution is 2.20. The average Bonchev–Trinajstić information content (AvgIpc) is 2.83. The Bertz CT molecular complexity index is 343. The molecular formula is C15H31N3O5. The maximum absolute atomic E-state index is 10.1. The first-order valence-electron chi connectivity index (χ1n) is 8.47. The van der Waals surface area contributed by atoms with Gasteiger partial charge in [-0.1, -0.05) is 0 Å². The van der Waals surface area contributed by atoms with Gasteiger partial charge in [-0.05, 0) is 13.3 Å². The third-order valence-electron chi connectivity index (χ3n) is 4.77. The maximum atomic E-state index is 10.1. The minimum atomic E-state index is -1.07. The number of nitrogens with one attached hydrogen (secondary N) is 2. The molecule has 0 bridgehead atoms. The van der Waals surface area contributed by atoms with Gasteiger partial charge in [0, 0.05) is 38.3 Å². The molecule has 2 rings (SSSR count). The summed E-state index contributed by atoms with van der Waals surface area (Å²) in [4.78, 5) is 2.35. The Hall–Kier alpha value is -0.320. The van der Waals surface area contributed by atoms with Crippen molar-refractivity contribution in [3.63, 3.8) is 0 Å². The Balaban J connectivity index is 1.69. The van der Waals surface area contributed by atoms with E-state index in [0.717, 1.165) is 39.4 Å². The molecule has 0 amide bonds. The Morgan fingerprint density at radius 1 is 1.26 bits per heavy atom. The molecule has 23 heavy (non-hydrogen) atoms. The molecule has 6 atom stereocenters. The third kappa shape index (κ3) is 5.33. The second-order valence-corrected chi connectivity index (χ2v) is 6.57. The van der Waals surface area contributed by atoms with E-state index in [9.17, 15) is 15.3 Å². The lowest BCUT2D eigenvalue weighted by molar-refractivity contribution is -0.0134. The van der Waals surface area contributed by atoms with E-state index < -0.39 is 31.0 Å². The minimum absolute atomic E-state index is 0.167.